The number of benzene rings is 2. The highest BCUT2D eigenvalue weighted by Gasteiger charge is 2.12. The van der Waals surface area contributed by atoms with Gasteiger partial charge in [0.2, 0.25) is 0 Å². The molecule has 0 saturated heterocycles. The molecule has 0 unspecified atom stereocenters. The van der Waals surface area contributed by atoms with Crippen molar-refractivity contribution in [1.82, 2.24) is 9.97 Å². The molecule has 0 atom stereocenters. The first kappa shape index (κ1) is 17.8. The van der Waals surface area contributed by atoms with Crippen LogP contribution in [0.5, 0.6) is 0 Å². The zero-order valence-corrected chi connectivity index (χ0v) is 14.3. The van der Waals surface area contributed by atoms with Crippen LogP contribution in [0.15, 0.2) is 48.5 Å². The first-order valence-electron chi connectivity index (χ1n) is 7.55. The molecule has 3 rings (SSSR count). The summed E-state index contributed by atoms with van der Waals surface area (Å²) in [5, 5.41) is 6.12. The van der Waals surface area contributed by atoms with Gasteiger partial charge in [-0.15, -0.1) is 0 Å². The van der Waals surface area contributed by atoms with Gasteiger partial charge in [-0.3, -0.25) is 4.79 Å². The Hall–Kier alpha value is -3.06. The lowest BCUT2D eigenvalue weighted by atomic mass is 10.2. The SMILES string of the molecule is Cc1nc(Nc2ccc(Cl)cc2)cc(C(=O)Nc2ccc(F)c(F)c2)n1. The maximum absolute atomic E-state index is 13.3. The predicted molar refractivity (Wildman–Crippen MR) is 95.8 cm³/mol. The Bertz CT molecular complexity index is 964. The summed E-state index contributed by atoms with van der Waals surface area (Å²) in [6.45, 7) is 1.64. The number of nitrogens with zero attached hydrogens (tertiary/aromatic N) is 2. The van der Waals surface area contributed by atoms with Gasteiger partial charge in [-0.1, -0.05) is 11.6 Å². The molecule has 0 aliphatic rings. The summed E-state index contributed by atoms with van der Waals surface area (Å²) in [6, 6.07) is 11.5. The molecule has 0 bridgehead atoms. The Balaban J connectivity index is 1.80. The zero-order chi connectivity index (χ0) is 18.7. The minimum Gasteiger partial charge on any atom is -0.340 e. The summed E-state index contributed by atoms with van der Waals surface area (Å²) in [5.41, 5.74) is 0.940. The maximum atomic E-state index is 13.3. The molecule has 26 heavy (non-hydrogen) atoms. The third-order valence-corrected chi connectivity index (χ3v) is 3.62. The fourth-order valence-corrected chi connectivity index (χ4v) is 2.32. The topological polar surface area (TPSA) is 66.9 Å². The molecule has 8 heteroatoms. The van der Waals surface area contributed by atoms with Gasteiger partial charge in [0.15, 0.2) is 11.6 Å². The van der Waals surface area contributed by atoms with Crippen LogP contribution in [0.1, 0.15) is 16.3 Å². The first-order chi connectivity index (χ1) is 12.4. The van der Waals surface area contributed by atoms with Gasteiger partial charge in [0, 0.05) is 28.5 Å². The number of hydrogen-bond acceptors (Lipinski definition) is 4. The molecule has 0 spiro atoms. The summed E-state index contributed by atoms with van der Waals surface area (Å²) in [4.78, 5) is 20.6. The van der Waals surface area contributed by atoms with Crippen molar-refractivity contribution in [3.8, 4) is 0 Å². The number of rotatable bonds is 4. The van der Waals surface area contributed by atoms with Gasteiger partial charge in [0.05, 0.1) is 0 Å². The number of aryl methyl sites for hydroxylation is 1. The molecule has 0 aliphatic carbocycles. The second-order valence-electron chi connectivity index (χ2n) is 5.40. The fourth-order valence-electron chi connectivity index (χ4n) is 2.20. The summed E-state index contributed by atoms with van der Waals surface area (Å²) < 4.78 is 26.2. The molecule has 132 valence electrons. The van der Waals surface area contributed by atoms with Crippen LogP contribution in [0.25, 0.3) is 0 Å². The van der Waals surface area contributed by atoms with Gasteiger partial charge in [-0.25, -0.2) is 18.7 Å². The number of amides is 1. The average Bonchev–Trinajstić information content (AvgIpc) is 2.60. The Labute approximate surface area is 153 Å². The largest absolute Gasteiger partial charge is 0.340 e. The van der Waals surface area contributed by atoms with E-state index in [9.17, 15) is 13.6 Å². The molecule has 2 aromatic carbocycles. The van der Waals surface area contributed by atoms with E-state index in [2.05, 4.69) is 20.6 Å². The van der Waals surface area contributed by atoms with Crippen LogP contribution in [0.4, 0.5) is 26.0 Å². The monoisotopic (exact) mass is 374 g/mol. The fraction of sp³-hybridized carbons (Fsp3) is 0.0556. The molecule has 5 nitrogen and oxygen atoms in total. The van der Waals surface area contributed by atoms with E-state index >= 15 is 0 Å². The van der Waals surface area contributed by atoms with Crippen molar-refractivity contribution in [3.05, 3.63) is 76.7 Å². The number of aromatic nitrogens is 2. The molecule has 0 fully saturated rings. The van der Waals surface area contributed by atoms with E-state index in [1.54, 1.807) is 31.2 Å². The number of halogens is 3. The maximum Gasteiger partial charge on any atom is 0.274 e. The lowest BCUT2D eigenvalue weighted by Crippen LogP contribution is -2.15. The second-order valence-corrected chi connectivity index (χ2v) is 5.84. The van der Waals surface area contributed by atoms with Crippen molar-refractivity contribution in [2.45, 2.75) is 6.92 Å². The first-order valence-corrected chi connectivity index (χ1v) is 7.93. The normalized spacial score (nSPS) is 10.5. The van der Waals surface area contributed by atoms with Crippen molar-refractivity contribution >= 4 is 34.7 Å². The van der Waals surface area contributed by atoms with Crippen molar-refractivity contribution in [2.75, 3.05) is 10.6 Å². The lowest BCUT2D eigenvalue weighted by molar-refractivity contribution is 0.102. The van der Waals surface area contributed by atoms with Crippen molar-refractivity contribution in [3.63, 3.8) is 0 Å². The van der Waals surface area contributed by atoms with Crippen LogP contribution in [0.3, 0.4) is 0 Å². The Kier molecular flexibility index (Phi) is 5.09. The summed E-state index contributed by atoms with van der Waals surface area (Å²) >= 11 is 5.85. The highest BCUT2D eigenvalue weighted by molar-refractivity contribution is 6.30. The van der Waals surface area contributed by atoms with Gasteiger partial charge in [-0.05, 0) is 43.3 Å². The summed E-state index contributed by atoms with van der Waals surface area (Å²) in [6.07, 6.45) is 0. The van der Waals surface area contributed by atoms with Crippen molar-refractivity contribution in [1.29, 1.82) is 0 Å². The molecule has 1 aromatic heterocycles. The van der Waals surface area contributed by atoms with Gasteiger partial charge in [0.1, 0.15) is 17.3 Å². The quantitative estimate of drug-likeness (QED) is 0.694. The van der Waals surface area contributed by atoms with Crippen LogP contribution < -0.4 is 10.6 Å². The van der Waals surface area contributed by atoms with Crippen LogP contribution >= 0.6 is 11.6 Å². The van der Waals surface area contributed by atoms with Gasteiger partial charge >= 0.3 is 0 Å². The van der Waals surface area contributed by atoms with Gasteiger partial charge < -0.3 is 10.6 Å². The van der Waals surface area contributed by atoms with E-state index in [-0.39, 0.29) is 11.4 Å². The van der Waals surface area contributed by atoms with E-state index in [4.69, 9.17) is 11.6 Å². The van der Waals surface area contributed by atoms with E-state index in [0.717, 1.165) is 17.8 Å². The van der Waals surface area contributed by atoms with Gasteiger partial charge in [0.25, 0.3) is 5.91 Å². The van der Waals surface area contributed by atoms with Crippen molar-refractivity contribution in [2.24, 2.45) is 0 Å². The van der Waals surface area contributed by atoms with E-state index in [1.807, 2.05) is 0 Å². The minimum absolute atomic E-state index is 0.0821. The van der Waals surface area contributed by atoms with Crippen LogP contribution in [-0.2, 0) is 0 Å². The van der Waals surface area contributed by atoms with Crippen LogP contribution in [0.2, 0.25) is 5.02 Å². The smallest absolute Gasteiger partial charge is 0.274 e. The van der Waals surface area contributed by atoms with Crippen molar-refractivity contribution < 1.29 is 13.6 Å². The third-order valence-electron chi connectivity index (χ3n) is 3.36. The third kappa shape index (κ3) is 4.31. The molecule has 3 aromatic rings. The summed E-state index contributed by atoms with van der Waals surface area (Å²) in [7, 11) is 0. The zero-order valence-electron chi connectivity index (χ0n) is 13.6. The molecule has 0 aliphatic heterocycles. The van der Waals surface area contributed by atoms with Crippen LogP contribution in [0, 0.1) is 18.6 Å². The minimum atomic E-state index is -1.05. The Morgan fingerprint density at radius 1 is 0.962 bits per heavy atom. The molecular formula is C18H13ClF2N4O. The van der Waals surface area contributed by atoms with Crippen LogP contribution in [-0.4, -0.2) is 15.9 Å². The summed E-state index contributed by atoms with van der Waals surface area (Å²) in [5.74, 6) is -1.82. The highest BCUT2D eigenvalue weighted by atomic mass is 35.5. The standard InChI is InChI=1S/C18H13ClF2N4O/c1-10-22-16(18(26)25-13-6-7-14(20)15(21)8-13)9-17(23-10)24-12-4-2-11(19)3-5-12/h2-9H,1H3,(H,25,26)(H,22,23,24). The Morgan fingerprint density at radius 2 is 1.65 bits per heavy atom. The number of carbonyl (C=O) groups excluding carboxylic acids is 1. The van der Waals surface area contributed by atoms with Gasteiger partial charge in [-0.2, -0.15) is 0 Å². The van der Waals surface area contributed by atoms with E-state index < -0.39 is 17.5 Å². The number of hydrogen-bond donors (Lipinski definition) is 2. The van der Waals surface area contributed by atoms with E-state index in [0.29, 0.717) is 16.7 Å². The second kappa shape index (κ2) is 7.45. The number of anilines is 3. The lowest BCUT2D eigenvalue weighted by Gasteiger charge is -2.09. The number of nitrogens with one attached hydrogen (secondary N) is 2. The number of carbonyl (C=O) groups is 1. The molecule has 0 radical (unpaired) electrons. The Morgan fingerprint density at radius 3 is 2.35 bits per heavy atom. The molecular weight excluding hydrogens is 362 g/mol. The van der Waals surface area contributed by atoms with E-state index in [1.165, 1.54) is 12.1 Å². The molecule has 1 amide bonds. The molecule has 2 N–H and O–H groups in total. The average molecular weight is 375 g/mol. The molecule has 1 heterocycles. The predicted octanol–water partition coefficient (Wildman–Crippen LogP) is 4.71. The molecule has 0 saturated carbocycles. The highest BCUT2D eigenvalue weighted by Crippen LogP contribution is 2.19.